The average molecular weight is 385 g/mol. The van der Waals surface area contributed by atoms with Gasteiger partial charge in [0.1, 0.15) is 18.8 Å². The van der Waals surface area contributed by atoms with Crippen LogP contribution in [0.5, 0.6) is 11.5 Å². The second-order valence-electron chi connectivity index (χ2n) is 7.44. The molecule has 3 unspecified atom stereocenters. The van der Waals surface area contributed by atoms with Crippen molar-refractivity contribution in [2.24, 2.45) is 11.1 Å². The van der Waals surface area contributed by atoms with Gasteiger partial charge in [-0.25, -0.2) is 0 Å². The van der Waals surface area contributed by atoms with E-state index in [0.717, 1.165) is 11.3 Å². The molecule has 1 amide bonds. The lowest BCUT2D eigenvalue weighted by Gasteiger charge is -2.57. The summed E-state index contributed by atoms with van der Waals surface area (Å²) in [6.07, 6.45) is 0.547. The number of nitrogens with two attached hydrogens (primary N) is 1. The van der Waals surface area contributed by atoms with Crippen molar-refractivity contribution in [3.8, 4) is 11.5 Å². The van der Waals surface area contributed by atoms with E-state index in [0.29, 0.717) is 32.0 Å². The van der Waals surface area contributed by atoms with Crippen LogP contribution in [-0.2, 0) is 9.53 Å². The van der Waals surface area contributed by atoms with Crippen molar-refractivity contribution in [3.05, 3.63) is 23.8 Å². The fraction of sp³-hybridized carbons (Fsp3) is 0.632. The van der Waals surface area contributed by atoms with Gasteiger partial charge in [-0.15, -0.1) is 12.4 Å². The first kappa shape index (κ1) is 20.8. The second kappa shape index (κ2) is 7.62. The maximum absolute atomic E-state index is 12.8. The van der Waals surface area contributed by atoms with Crippen LogP contribution in [0.25, 0.3) is 0 Å². The largest absolute Gasteiger partial charge is 0.486 e. The first-order chi connectivity index (χ1) is 11.8. The number of ether oxygens (including phenoxy) is 3. The van der Waals surface area contributed by atoms with E-state index in [-0.39, 0.29) is 30.5 Å². The van der Waals surface area contributed by atoms with Crippen LogP contribution >= 0.6 is 12.4 Å². The molecule has 26 heavy (non-hydrogen) atoms. The summed E-state index contributed by atoms with van der Waals surface area (Å²) >= 11 is 0. The smallest absolute Gasteiger partial charge is 0.241 e. The molecule has 6 nitrogen and oxygen atoms in total. The first-order valence-electron chi connectivity index (χ1n) is 8.90. The monoisotopic (exact) mass is 384 g/mol. The van der Waals surface area contributed by atoms with Crippen molar-refractivity contribution >= 4 is 18.3 Å². The van der Waals surface area contributed by atoms with E-state index in [1.54, 1.807) is 0 Å². The predicted octanol–water partition coefficient (Wildman–Crippen LogP) is 2.59. The summed E-state index contributed by atoms with van der Waals surface area (Å²) in [5.41, 5.74) is 6.08. The molecule has 3 N–H and O–H groups in total. The third kappa shape index (κ3) is 3.38. The molecule has 1 aliphatic carbocycles. The molecule has 1 aliphatic heterocycles. The van der Waals surface area contributed by atoms with Crippen LogP contribution in [0.1, 0.15) is 45.7 Å². The van der Waals surface area contributed by atoms with Crippen molar-refractivity contribution in [2.45, 2.75) is 51.8 Å². The summed E-state index contributed by atoms with van der Waals surface area (Å²) < 4.78 is 16.8. The van der Waals surface area contributed by atoms with E-state index in [1.807, 2.05) is 45.9 Å². The highest BCUT2D eigenvalue weighted by atomic mass is 35.5. The molecule has 0 saturated heterocycles. The van der Waals surface area contributed by atoms with Gasteiger partial charge in [0.05, 0.1) is 12.1 Å². The number of carbonyl (C=O) groups excluding carboxylic acids is 1. The topological polar surface area (TPSA) is 82.8 Å². The quantitative estimate of drug-likeness (QED) is 0.815. The van der Waals surface area contributed by atoms with Gasteiger partial charge in [0.15, 0.2) is 11.5 Å². The van der Waals surface area contributed by atoms with E-state index in [4.69, 9.17) is 19.9 Å². The van der Waals surface area contributed by atoms with E-state index in [1.165, 1.54) is 0 Å². The van der Waals surface area contributed by atoms with Gasteiger partial charge < -0.3 is 25.3 Å². The van der Waals surface area contributed by atoms with Crippen LogP contribution in [0.3, 0.4) is 0 Å². The van der Waals surface area contributed by atoms with Gasteiger partial charge in [0.25, 0.3) is 0 Å². The standard InChI is InChI=1S/C19H28N2O4.ClH/c1-5-23-16-11-19(20,18(16,3)4)17(22)21-12(2)13-6-7-14-15(10-13)25-9-8-24-14;/h6-7,10,12,16H,5,8-9,11,20H2,1-4H3,(H,21,22);1H. The van der Waals surface area contributed by atoms with Crippen molar-refractivity contribution in [1.82, 2.24) is 5.32 Å². The number of fused-ring (bicyclic) bond motifs is 1. The number of rotatable bonds is 5. The van der Waals surface area contributed by atoms with Gasteiger partial charge in [-0.1, -0.05) is 19.9 Å². The lowest BCUT2D eigenvalue weighted by molar-refractivity contribution is -0.171. The molecule has 1 fully saturated rings. The zero-order valence-corrected chi connectivity index (χ0v) is 16.7. The summed E-state index contributed by atoms with van der Waals surface area (Å²) in [7, 11) is 0. The average Bonchev–Trinajstić information content (AvgIpc) is 2.60. The molecule has 0 bridgehead atoms. The van der Waals surface area contributed by atoms with E-state index >= 15 is 0 Å². The third-order valence-corrected chi connectivity index (χ3v) is 5.65. The molecule has 7 heteroatoms. The fourth-order valence-corrected chi connectivity index (χ4v) is 3.56. The number of amides is 1. The maximum atomic E-state index is 12.8. The minimum absolute atomic E-state index is 0. The van der Waals surface area contributed by atoms with Crippen LogP contribution in [0.4, 0.5) is 0 Å². The molecule has 1 aromatic carbocycles. The van der Waals surface area contributed by atoms with Crippen molar-refractivity contribution in [2.75, 3.05) is 19.8 Å². The Labute approximate surface area is 161 Å². The van der Waals surface area contributed by atoms with Gasteiger partial charge >= 0.3 is 0 Å². The Kier molecular flexibility index (Phi) is 6.10. The summed E-state index contributed by atoms with van der Waals surface area (Å²) in [5, 5.41) is 3.05. The minimum atomic E-state index is -0.922. The molecule has 146 valence electrons. The number of halogens is 1. The Hall–Kier alpha value is -1.50. The number of nitrogens with one attached hydrogen (secondary N) is 1. The van der Waals surface area contributed by atoms with Gasteiger partial charge in [-0.2, -0.15) is 0 Å². The lowest BCUT2D eigenvalue weighted by atomic mass is 9.54. The molecule has 2 aliphatic rings. The molecule has 3 rings (SSSR count). The Balaban J connectivity index is 0.00000243. The number of hydrogen-bond acceptors (Lipinski definition) is 5. The van der Waals surface area contributed by atoms with Crippen LogP contribution < -0.4 is 20.5 Å². The first-order valence-corrected chi connectivity index (χ1v) is 8.90. The maximum Gasteiger partial charge on any atom is 0.241 e. The summed E-state index contributed by atoms with van der Waals surface area (Å²) in [6, 6.07) is 5.56. The normalized spacial score (nSPS) is 26.9. The van der Waals surface area contributed by atoms with Crippen molar-refractivity contribution in [1.29, 1.82) is 0 Å². The molecule has 1 saturated carbocycles. The minimum Gasteiger partial charge on any atom is -0.486 e. The van der Waals surface area contributed by atoms with E-state index in [2.05, 4.69) is 5.32 Å². The molecule has 0 spiro atoms. The summed E-state index contributed by atoms with van der Waals surface area (Å²) in [5.74, 6) is 1.31. The summed E-state index contributed by atoms with van der Waals surface area (Å²) in [4.78, 5) is 12.8. The van der Waals surface area contributed by atoms with Gasteiger partial charge in [0.2, 0.25) is 5.91 Å². The zero-order chi connectivity index (χ0) is 18.2. The predicted molar refractivity (Wildman–Crippen MR) is 102 cm³/mol. The van der Waals surface area contributed by atoms with Crippen LogP contribution in [0.2, 0.25) is 0 Å². The lowest BCUT2D eigenvalue weighted by Crippen LogP contribution is -2.75. The van der Waals surface area contributed by atoms with E-state index in [9.17, 15) is 4.79 Å². The molecule has 0 radical (unpaired) electrons. The highest BCUT2D eigenvalue weighted by Gasteiger charge is 2.62. The Bertz CT molecular complexity index is 667. The van der Waals surface area contributed by atoms with Crippen molar-refractivity contribution < 1.29 is 19.0 Å². The summed E-state index contributed by atoms with van der Waals surface area (Å²) in [6.45, 7) is 9.60. The Morgan fingerprint density at radius 3 is 2.62 bits per heavy atom. The molecular formula is C19H29ClN2O4. The number of carbonyl (C=O) groups is 1. The highest BCUT2D eigenvalue weighted by molar-refractivity contribution is 5.89. The zero-order valence-electron chi connectivity index (χ0n) is 15.8. The number of benzene rings is 1. The number of hydrogen-bond donors (Lipinski definition) is 2. The molecule has 1 heterocycles. The fourth-order valence-electron chi connectivity index (χ4n) is 3.56. The van der Waals surface area contributed by atoms with Crippen molar-refractivity contribution in [3.63, 3.8) is 0 Å². The van der Waals surface area contributed by atoms with Crippen LogP contribution in [0, 0.1) is 5.41 Å². The van der Waals surface area contributed by atoms with Crippen LogP contribution in [0.15, 0.2) is 18.2 Å². The second-order valence-corrected chi connectivity index (χ2v) is 7.44. The molecule has 3 atom stereocenters. The molecule has 1 aromatic rings. The van der Waals surface area contributed by atoms with Gasteiger partial charge in [0, 0.05) is 18.4 Å². The van der Waals surface area contributed by atoms with Crippen LogP contribution in [-0.4, -0.2) is 37.4 Å². The Morgan fingerprint density at radius 2 is 2.00 bits per heavy atom. The molecular weight excluding hydrogens is 356 g/mol. The Morgan fingerprint density at radius 1 is 1.35 bits per heavy atom. The van der Waals surface area contributed by atoms with Gasteiger partial charge in [-0.3, -0.25) is 4.79 Å². The molecule has 0 aromatic heterocycles. The van der Waals surface area contributed by atoms with E-state index < -0.39 is 11.0 Å². The SMILES string of the molecule is CCOC1CC(N)(C(=O)NC(C)c2ccc3c(c2)OCCO3)C1(C)C.Cl. The third-order valence-electron chi connectivity index (χ3n) is 5.65. The highest BCUT2D eigenvalue weighted by Crippen LogP contribution is 2.50. The van der Waals surface area contributed by atoms with Gasteiger partial charge in [-0.05, 0) is 31.5 Å².